The molecule has 0 heterocycles. The number of rotatable bonds is 10. The number of ether oxygens (including phenoxy) is 2. The Morgan fingerprint density at radius 1 is 0.941 bits per heavy atom. The summed E-state index contributed by atoms with van der Waals surface area (Å²) in [4.78, 5) is 37.2. The summed E-state index contributed by atoms with van der Waals surface area (Å²) in [6.07, 6.45) is -0.873. The van der Waals surface area contributed by atoms with E-state index in [4.69, 9.17) is 9.47 Å². The molecule has 0 fully saturated rings. The van der Waals surface area contributed by atoms with Crippen LogP contribution in [-0.2, 0) is 19.1 Å². The van der Waals surface area contributed by atoms with Gasteiger partial charge in [-0.3, -0.25) is 4.79 Å². The number of carbonyl (C=O) groups excluding carboxylic acids is 2. The normalized spacial score (nSPS) is 15.9. The molecule has 3 N–H and O–H groups in total. The van der Waals surface area contributed by atoms with Crippen molar-refractivity contribution in [2.24, 2.45) is 5.92 Å². The first-order chi connectivity index (χ1) is 16.3. The number of alkyl carbamates (subject to hydrolysis) is 1. The summed E-state index contributed by atoms with van der Waals surface area (Å²) in [7, 11) is 1.37. The summed E-state index contributed by atoms with van der Waals surface area (Å²) in [6, 6.07) is 13.8. The lowest BCUT2D eigenvalue weighted by molar-refractivity contribution is -0.146. The molecule has 0 bridgehead atoms. The van der Waals surface area contributed by atoms with Crippen molar-refractivity contribution in [3.63, 3.8) is 0 Å². The standard InChI is InChI=1S/C26H32N2O6/c1-5-15(2)22(24(29)27-23(25(30)31)16(3)33-4)28-26(32)34-14-21-19-12-8-6-10-17(19)18-11-7-9-13-20(18)21/h6-13,15-16,21-23H,5,14H2,1-4H3,(H,27,29)(H,28,32)(H,30,31)/t15-,16?,22-,23?/m0/s1. The molecule has 8 heteroatoms. The summed E-state index contributed by atoms with van der Waals surface area (Å²) in [6.45, 7) is 5.36. The Balaban J connectivity index is 1.69. The smallest absolute Gasteiger partial charge is 0.407 e. The molecule has 4 atom stereocenters. The fourth-order valence-corrected chi connectivity index (χ4v) is 4.23. The van der Waals surface area contributed by atoms with Gasteiger partial charge in [-0.2, -0.15) is 0 Å². The van der Waals surface area contributed by atoms with E-state index >= 15 is 0 Å². The first-order valence-corrected chi connectivity index (χ1v) is 11.5. The second kappa shape index (κ2) is 11.2. The van der Waals surface area contributed by atoms with Crippen LogP contribution >= 0.6 is 0 Å². The predicted octanol–water partition coefficient (Wildman–Crippen LogP) is 3.54. The van der Waals surface area contributed by atoms with E-state index in [0.717, 1.165) is 22.3 Å². The van der Waals surface area contributed by atoms with Crippen LogP contribution in [-0.4, -0.2) is 55.0 Å². The highest BCUT2D eigenvalue weighted by Gasteiger charge is 2.34. The number of hydrogen-bond donors (Lipinski definition) is 3. The fraction of sp³-hybridized carbons (Fsp3) is 0.423. The molecule has 34 heavy (non-hydrogen) atoms. The minimum Gasteiger partial charge on any atom is -0.480 e. The second-order valence-electron chi connectivity index (χ2n) is 8.60. The molecule has 8 nitrogen and oxygen atoms in total. The van der Waals surface area contributed by atoms with Gasteiger partial charge in [-0.05, 0) is 35.1 Å². The molecule has 0 radical (unpaired) electrons. The van der Waals surface area contributed by atoms with E-state index in [9.17, 15) is 19.5 Å². The lowest BCUT2D eigenvalue weighted by atomic mass is 9.97. The first-order valence-electron chi connectivity index (χ1n) is 11.5. The zero-order chi connectivity index (χ0) is 24.8. The highest BCUT2D eigenvalue weighted by molar-refractivity contribution is 5.89. The Kier molecular flexibility index (Phi) is 8.28. The largest absolute Gasteiger partial charge is 0.480 e. The zero-order valence-electron chi connectivity index (χ0n) is 19.9. The minimum atomic E-state index is -1.24. The lowest BCUT2D eigenvalue weighted by Crippen LogP contribution is -2.56. The van der Waals surface area contributed by atoms with Crippen LogP contribution in [0, 0.1) is 5.92 Å². The zero-order valence-corrected chi connectivity index (χ0v) is 19.9. The van der Waals surface area contributed by atoms with Gasteiger partial charge in [0, 0.05) is 13.0 Å². The number of aliphatic carboxylic acids is 1. The topological polar surface area (TPSA) is 114 Å². The van der Waals surface area contributed by atoms with Crippen LogP contribution in [0.25, 0.3) is 11.1 Å². The molecule has 2 aromatic carbocycles. The number of benzene rings is 2. The maximum absolute atomic E-state index is 12.9. The van der Waals surface area contributed by atoms with Crippen LogP contribution in [0.15, 0.2) is 48.5 Å². The third-order valence-electron chi connectivity index (χ3n) is 6.52. The van der Waals surface area contributed by atoms with Gasteiger partial charge >= 0.3 is 12.1 Å². The maximum atomic E-state index is 12.9. The molecule has 0 saturated heterocycles. The van der Waals surface area contributed by atoms with Gasteiger partial charge in [0.25, 0.3) is 0 Å². The number of carbonyl (C=O) groups is 3. The molecule has 1 aliphatic carbocycles. The number of amides is 2. The molecular formula is C26H32N2O6. The van der Waals surface area contributed by atoms with Crippen LogP contribution in [0.3, 0.4) is 0 Å². The Hall–Kier alpha value is -3.39. The van der Waals surface area contributed by atoms with Crippen molar-refractivity contribution in [1.82, 2.24) is 10.6 Å². The molecule has 0 spiro atoms. The Bertz CT molecular complexity index is 994. The van der Waals surface area contributed by atoms with Gasteiger partial charge in [-0.25, -0.2) is 9.59 Å². The van der Waals surface area contributed by atoms with Gasteiger partial charge in [-0.1, -0.05) is 68.8 Å². The third kappa shape index (κ3) is 5.39. The van der Waals surface area contributed by atoms with E-state index in [0.29, 0.717) is 6.42 Å². The first kappa shape index (κ1) is 25.2. The van der Waals surface area contributed by atoms with Gasteiger partial charge < -0.3 is 25.2 Å². The summed E-state index contributed by atoms with van der Waals surface area (Å²) < 4.78 is 10.6. The summed E-state index contributed by atoms with van der Waals surface area (Å²) in [5, 5.41) is 14.6. The van der Waals surface area contributed by atoms with E-state index in [1.807, 2.05) is 50.2 Å². The van der Waals surface area contributed by atoms with Gasteiger partial charge in [0.1, 0.15) is 12.6 Å². The average molecular weight is 469 g/mol. The highest BCUT2D eigenvalue weighted by Crippen LogP contribution is 2.44. The molecule has 0 saturated carbocycles. The summed E-state index contributed by atoms with van der Waals surface area (Å²) >= 11 is 0. The molecule has 1 aliphatic rings. The van der Waals surface area contributed by atoms with Crippen molar-refractivity contribution in [2.45, 2.75) is 51.3 Å². The summed E-state index contributed by atoms with van der Waals surface area (Å²) in [5.74, 6) is -2.16. The summed E-state index contributed by atoms with van der Waals surface area (Å²) in [5.41, 5.74) is 4.42. The van der Waals surface area contributed by atoms with Crippen LogP contribution in [0.1, 0.15) is 44.2 Å². The molecule has 2 unspecified atom stereocenters. The quantitative estimate of drug-likeness (QED) is 0.491. The highest BCUT2D eigenvalue weighted by atomic mass is 16.5. The molecule has 0 aliphatic heterocycles. The monoisotopic (exact) mass is 468 g/mol. The number of nitrogens with one attached hydrogen (secondary N) is 2. The Labute approximate surface area is 199 Å². The molecule has 182 valence electrons. The molecule has 3 rings (SSSR count). The maximum Gasteiger partial charge on any atom is 0.407 e. The van der Waals surface area contributed by atoms with Gasteiger partial charge in [0.15, 0.2) is 6.04 Å². The van der Waals surface area contributed by atoms with Gasteiger partial charge in [0.2, 0.25) is 5.91 Å². The number of methoxy groups -OCH3 is 1. The minimum absolute atomic E-state index is 0.104. The lowest BCUT2D eigenvalue weighted by Gasteiger charge is -2.27. The molecular weight excluding hydrogens is 436 g/mol. The molecule has 2 amide bonds. The van der Waals surface area contributed by atoms with E-state index in [1.165, 1.54) is 7.11 Å². The van der Waals surface area contributed by atoms with E-state index in [1.54, 1.807) is 6.92 Å². The van der Waals surface area contributed by atoms with E-state index < -0.39 is 36.2 Å². The van der Waals surface area contributed by atoms with Gasteiger partial charge in [0.05, 0.1) is 6.10 Å². The SMILES string of the molecule is CC[C@H](C)[C@H](NC(=O)OCC1c2ccccc2-c2ccccc21)C(=O)NC(C(=O)O)C(C)OC. The van der Waals surface area contributed by atoms with Crippen molar-refractivity contribution in [3.05, 3.63) is 59.7 Å². The van der Waals surface area contributed by atoms with E-state index in [2.05, 4.69) is 22.8 Å². The van der Waals surface area contributed by atoms with Crippen LogP contribution in [0.4, 0.5) is 4.79 Å². The molecule has 2 aromatic rings. The second-order valence-corrected chi connectivity index (χ2v) is 8.60. The van der Waals surface area contributed by atoms with Crippen molar-refractivity contribution >= 4 is 18.0 Å². The third-order valence-corrected chi connectivity index (χ3v) is 6.52. The van der Waals surface area contributed by atoms with Crippen LogP contribution in [0.5, 0.6) is 0 Å². The average Bonchev–Trinajstić information content (AvgIpc) is 3.17. The van der Waals surface area contributed by atoms with Crippen LogP contribution in [0.2, 0.25) is 0 Å². The Morgan fingerprint density at radius 3 is 2.00 bits per heavy atom. The van der Waals surface area contributed by atoms with Crippen molar-refractivity contribution in [3.8, 4) is 11.1 Å². The van der Waals surface area contributed by atoms with Crippen LogP contribution < -0.4 is 10.6 Å². The van der Waals surface area contributed by atoms with E-state index in [-0.39, 0.29) is 18.4 Å². The number of fused-ring (bicyclic) bond motifs is 3. The predicted molar refractivity (Wildman–Crippen MR) is 127 cm³/mol. The number of carboxylic acid groups (broad SMARTS) is 1. The van der Waals surface area contributed by atoms with Crippen molar-refractivity contribution in [2.75, 3.05) is 13.7 Å². The van der Waals surface area contributed by atoms with Crippen molar-refractivity contribution in [1.29, 1.82) is 0 Å². The number of hydrogen-bond acceptors (Lipinski definition) is 5. The molecule has 0 aromatic heterocycles. The van der Waals surface area contributed by atoms with Crippen molar-refractivity contribution < 1.29 is 29.0 Å². The Morgan fingerprint density at radius 2 is 1.50 bits per heavy atom. The fourth-order valence-electron chi connectivity index (χ4n) is 4.23. The van der Waals surface area contributed by atoms with Gasteiger partial charge in [-0.15, -0.1) is 0 Å². The number of carboxylic acids is 1.